The molecule has 0 fully saturated rings. The number of nitriles is 1. The summed E-state index contributed by atoms with van der Waals surface area (Å²) in [4.78, 5) is 12.7. The average Bonchev–Trinajstić information content (AvgIpc) is 2.97. The quantitative estimate of drug-likeness (QED) is 0.124. The molecule has 0 amide bonds. The molecule has 1 heterocycles. The van der Waals surface area contributed by atoms with Crippen LogP contribution in [0.25, 0.3) is 0 Å². The summed E-state index contributed by atoms with van der Waals surface area (Å²) in [5.74, 6) is 1.41. The summed E-state index contributed by atoms with van der Waals surface area (Å²) in [5.41, 5.74) is 8.29. The van der Waals surface area contributed by atoms with Crippen molar-refractivity contribution in [3.8, 4) is 34.8 Å². The van der Waals surface area contributed by atoms with Gasteiger partial charge in [0.05, 0.1) is 25.2 Å². The van der Waals surface area contributed by atoms with Crippen molar-refractivity contribution in [3.05, 3.63) is 101 Å². The van der Waals surface area contributed by atoms with Gasteiger partial charge < -0.3 is 29.4 Å². The Bertz CT molecular complexity index is 1440. The van der Waals surface area contributed by atoms with Gasteiger partial charge in [-0.2, -0.15) is 5.26 Å². The van der Waals surface area contributed by atoms with Crippen molar-refractivity contribution in [1.82, 2.24) is 0 Å². The van der Waals surface area contributed by atoms with E-state index in [2.05, 4.69) is 19.6 Å². The third kappa shape index (κ3) is 6.38. The number of benzene rings is 3. The van der Waals surface area contributed by atoms with Crippen LogP contribution in [-0.2, 0) is 0 Å². The van der Waals surface area contributed by atoms with Crippen LogP contribution in [-0.4, -0.2) is 26.3 Å². The number of carbonyl (C=O) groups excluding carboxylic acids is 1. The molecule has 1 unspecified atom stereocenters. The molecular formula is C32H32N2O6. The van der Waals surface area contributed by atoms with Crippen LogP contribution in [0.4, 0.5) is 0 Å². The Morgan fingerprint density at radius 3 is 2.52 bits per heavy atom. The number of carbonyl (C=O) groups is 1. The van der Waals surface area contributed by atoms with Gasteiger partial charge in [0.25, 0.3) is 0 Å². The Morgan fingerprint density at radius 2 is 1.82 bits per heavy atom. The lowest BCUT2D eigenvalue weighted by Gasteiger charge is -2.27. The first-order valence-corrected chi connectivity index (χ1v) is 13.1. The summed E-state index contributed by atoms with van der Waals surface area (Å²) in [6.07, 6.45) is 4.79. The molecule has 206 valence electrons. The summed E-state index contributed by atoms with van der Waals surface area (Å²) in [6, 6.07) is 19.4. The van der Waals surface area contributed by atoms with Crippen molar-refractivity contribution in [2.24, 2.45) is 5.73 Å². The summed E-state index contributed by atoms with van der Waals surface area (Å²) in [6.45, 7) is 6.71. The fourth-order valence-corrected chi connectivity index (χ4v) is 4.37. The number of ether oxygens (including phenoxy) is 5. The molecule has 40 heavy (non-hydrogen) atoms. The lowest BCUT2D eigenvalue weighted by atomic mass is 9.83. The zero-order chi connectivity index (χ0) is 28.5. The van der Waals surface area contributed by atoms with Crippen LogP contribution in [0.15, 0.2) is 84.8 Å². The fraction of sp³-hybridized carbons (Fsp3) is 0.250. The van der Waals surface area contributed by atoms with Gasteiger partial charge in [-0.05, 0) is 54.4 Å². The molecule has 0 radical (unpaired) electrons. The predicted molar refractivity (Wildman–Crippen MR) is 151 cm³/mol. The summed E-state index contributed by atoms with van der Waals surface area (Å²) < 4.78 is 28.3. The number of methoxy groups -OCH3 is 1. The van der Waals surface area contributed by atoms with Crippen molar-refractivity contribution in [3.63, 3.8) is 0 Å². The Balaban J connectivity index is 1.58. The van der Waals surface area contributed by atoms with Crippen LogP contribution in [0.3, 0.4) is 0 Å². The van der Waals surface area contributed by atoms with E-state index >= 15 is 0 Å². The van der Waals surface area contributed by atoms with E-state index in [1.54, 1.807) is 55.7 Å². The molecule has 0 saturated carbocycles. The Kier molecular flexibility index (Phi) is 9.31. The molecule has 0 spiro atoms. The minimum atomic E-state index is -0.539. The second-order valence-electron chi connectivity index (χ2n) is 9.10. The molecule has 0 aliphatic carbocycles. The number of hydrogen-bond donors (Lipinski definition) is 1. The molecular weight excluding hydrogens is 508 g/mol. The number of unbranched alkanes of at least 4 members (excludes halogenated alkanes) is 2. The topological polar surface area (TPSA) is 113 Å². The monoisotopic (exact) mass is 540 g/mol. The minimum absolute atomic E-state index is 0.0163. The Morgan fingerprint density at radius 1 is 1.05 bits per heavy atom. The Hall–Kier alpha value is -4.90. The van der Waals surface area contributed by atoms with Crippen LogP contribution in [0.5, 0.6) is 28.7 Å². The van der Waals surface area contributed by atoms with E-state index in [4.69, 9.17) is 29.4 Å². The molecule has 1 atom stereocenters. The summed E-state index contributed by atoms with van der Waals surface area (Å²) in [5, 5.41) is 9.93. The molecule has 3 aromatic carbocycles. The number of allylic oxidation sites excluding steroid dienone is 1. The number of hydrogen-bond acceptors (Lipinski definition) is 8. The Labute approximate surface area is 234 Å². The van der Waals surface area contributed by atoms with Crippen LogP contribution in [0.2, 0.25) is 0 Å². The molecule has 1 aliphatic rings. The molecule has 4 rings (SSSR count). The highest BCUT2D eigenvalue weighted by Gasteiger charge is 2.32. The van der Waals surface area contributed by atoms with Crippen molar-refractivity contribution >= 4 is 5.97 Å². The standard InChI is InChI=1S/C32H32N2O6/c1-4-6-7-17-38-27-15-10-22(18-29(27)36-3)30-25-14-13-24(19-28(25)40-31(34)26(30)20-33)39-32(35)21-8-11-23(12-9-21)37-16-5-2/h5,8-15,18-19,30H,2,4,6-7,16-17,34H2,1,3H3. The average molecular weight is 541 g/mol. The van der Waals surface area contributed by atoms with E-state index in [0.717, 1.165) is 24.8 Å². The van der Waals surface area contributed by atoms with E-state index in [0.29, 0.717) is 47.3 Å². The maximum absolute atomic E-state index is 12.7. The van der Waals surface area contributed by atoms with Gasteiger partial charge >= 0.3 is 5.97 Å². The first-order chi connectivity index (χ1) is 19.5. The van der Waals surface area contributed by atoms with Gasteiger partial charge in [-0.3, -0.25) is 0 Å². The van der Waals surface area contributed by atoms with E-state index in [1.165, 1.54) is 0 Å². The van der Waals surface area contributed by atoms with Crippen molar-refractivity contribution < 1.29 is 28.5 Å². The minimum Gasteiger partial charge on any atom is -0.493 e. The highest BCUT2D eigenvalue weighted by atomic mass is 16.5. The normalized spacial score (nSPS) is 13.9. The number of nitrogens with two attached hydrogens (primary N) is 1. The van der Waals surface area contributed by atoms with E-state index in [-0.39, 0.29) is 17.2 Å². The zero-order valence-electron chi connectivity index (χ0n) is 22.6. The van der Waals surface area contributed by atoms with E-state index < -0.39 is 11.9 Å². The highest BCUT2D eigenvalue weighted by Crippen LogP contribution is 2.45. The molecule has 8 nitrogen and oxygen atoms in total. The van der Waals surface area contributed by atoms with Gasteiger partial charge in [0, 0.05) is 11.6 Å². The van der Waals surface area contributed by atoms with Crippen LogP contribution in [0.1, 0.15) is 53.6 Å². The van der Waals surface area contributed by atoms with Gasteiger partial charge in [0.1, 0.15) is 35.5 Å². The second kappa shape index (κ2) is 13.3. The molecule has 0 saturated heterocycles. The summed E-state index contributed by atoms with van der Waals surface area (Å²) in [7, 11) is 1.58. The second-order valence-corrected chi connectivity index (χ2v) is 9.10. The van der Waals surface area contributed by atoms with Gasteiger partial charge in [0.2, 0.25) is 5.88 Å². The summed E-state index contributed by atoms with van der Waals surface area (Å²) >= 11 is 0. The number of nitrogens with zero attached hydrogens (tertiary/aromatic N) is 1. The van der Waals surface area contributed by atoms with Crippen LogP contribution in [0, 0.1) is 11.3 Å². The van der Waals surface area contributed by atoms with E-state index in [9.17, 15) is 10.1 Å². The van der Waals surface area contributed by atoms with Gasteiger partial charge in [-0.15, -0.1) is 0 Å². The maximum atomic E-state index is 12.7. The number of rotatable bonds is 12. The molecule has 3 aromatic rings. The van der Waals surface area contributed by atoms with Crippen molar-refractivity contribution in [2.45, 2.75) is 32.1 Å². The maximum Gasteiger partial charge on any atom is 0.343 e. The third-order valence-corrected chi connectivity index (χ3v) is 6.39. The zero-order valence-corrected chi connectivity index (χ0v) is 22.6. The molecule has 0 bridgehead atoms. The van der Waals surface area contributed by atoms with Crippen molar-refractivity contribution in [2.75, 3.05) is 20.3 Å². The number of esters is 1. The van der Waals surface area contributed by atoms with Gasteiger partial charge in [0.15, 0.2) is 11.5 Å². The van der Waals surface area contributed by atoms with Gasteiger partial charge in [-0.25, -0.2) is 4.79 Å². The van der Waals surface area contributed by atoms with Gasteiger partial charge in [-0.1, -0.05) is 44.6 Å². The molecule has 8 heteroatoms. The fourth-order valence-electron chi connectivity index (χ4n) is 4.37. The smallest absolute Gasteiger partial charge is 0.343 e. The van der Waals surface area contributed by atoms with E-state index in [1.807, 2.05) is 18.2 Å². The number of fused-ring (bicyclic) bond motifs is 1. The largest absolute Gasteiger partial charge is 0.493 e. The first kappa shape index (κ1) is 28.1. The third-order valence-electron chi connectivity index (χ3n) is 6.39. The highest BCUT2D eigenvalue weighted by molar-refractivity contribution is 5.91. The SMILES string of the molecule is C=CCOc1ccc(C(=O)Oc2ccc3c(c2)OC(N)=C(C#N)C3c2ccc(OCCCCC)c(OC)c2)cc1. The van der Waals surface area contributed by atoms with Crippen LogP contribution >= 0.6 is 0 Å². The lowest BCUT2D eigenvalue weighted by molar-refractivity contribution is 0.0734. The molecule has 1 aliphatic heterocycles. The molecule has 2 N–H and O–H groups in total. The lowest BCUT2D eigenvalue weighted by Crippen LogP contribution is -2.21. The predicted octanol–water partition coefficient (Wildman–Crippen LogP) is 6.27. The molecule has 0 aromatic heterocycles. The van der Waals surface area contributed by atoms with Crippen molar-refractivity contribution in [1.29, 1.82) is 5.26 Å². The first-order valence-electron chi connectivity index (χ1n) is 13.1. The van der Waals surface area contributed by atoms with Crippen LogP contribution < -0.4 is 29.4 Å².